The maximum absolute atomic E-state index is 11.5. The summed E-state index contributed by atoms with van der Waals surface area (Å²) in [6.45, 7) is 4.34. The quantitative estimate of drug-likeness (QED) is 0.746. The first kappa shape index (κ1) is 11.5. The first-order valence-corrected chi connectivity index (χ1v) is 4.94. The van der Waals surface area contributed by atoms with E-state index < -0.39 is 0 Å². The van der Waals surface area contributed by atoms with Gasteiger partial charge in [-0.3, -0.25) is 9.59 Å². The van der Waals surface area contributed by atoms with Gasteiger partial charge in [0.25, 0.3) is 5.91 Å². The second-order valence-corrected chi connectivity index (χ2v) is 3.63. The number of amides is 2. The lowest BCUT2D eigenvalue weighted by Crippen LogP contribution is -2.30. The predicted molar refractivity (Wildman–Crippen MR) is 57.9 cm³/mol. The molecule has 0 bridgehead atoms. The van der Waals surface area contributed by atoms with Crippen molar-refractivity contribution >= 4 is 11.8 Å². The molecular weight excluding hydrogens is 192 g/mol. The molecule has 4 nitrogen and oxygen atoms in total. The molecule has 4 heteroatoms. The minimum Gasteiger partial charge on any atom is -0.359 e. The Balaban J connectivity index is 2.65. The summed E-state index contributed by atoms with van der Waals surface area (Å²) in [5, 5.41) is 2.53. The van der Waals surface area contributed by atoms with Crippen LogP contribution in [0.15, 0.2) is 23.4 Å². The van der Waals surface area contributed by atoms with Crippen LogP contribution in [0.3, 0.4) is 0 Å². The topological polar surface area (TPSA) is 49.4 Å². The van der Waals surface area contributed by atoms with E-state index in [1.807, 2.05) is 13.8 Å². The van der Waals surface area contributed by atoms with Crippen molar-refractivity contribution in [1.82, 2.24) is 10.2 Å². The van der Waals surface area contributed by atoms with Gasteiger partial charge in [-0.05, 0) is 19.9 Å². The van der Waals surface area contributed by atoms with Crippen LogP contribution in [0.1, 0.15) is 20.3 Å². The summed E-state index contributed by atoms with van der Waals surface area (Å²) >= 11 is 0. The molecule has 0 aromatic heterocycles. The molecule has 0 spiro atoms. The SMILES string of the molecule is CNC(=O)CCN1C(=O)C=CC1=C(C)C. The van der Waals surface area contributed by atoms with E-state index in [9.17, 15) is 9.59 Å². The lowest BCUT2D eigenvalue weighted by Gasteiger charge is -2.18. The zero-order valence-electron chi connectivity index (χ0n) is 9.33. The second kappa shape index (κ2) is 4.77. The lowest BCUT2D eigenvalue weighted by molar-refractivity contribution is -0.124. The van der Waals surface area contributed by atoms with Crippen molar-refractivity contribution in [2.24, 2.45) is 0 Å². The standard InChI is InChI=1S/C11H16N2O2/c1-8(2)9-4-5-11(15)13(9)7-6-10(14)12-3/h4-5H,6-7H2,1-3H3,(H,12,14). The summed E-state index contributed by atoms with van der Waals surface area (Å²) in [5.41, 5.74) is 1.98. The highest BCUT2D eigenvalue weighted by Gasteiger charge is 2.21. The number of nitrogens with one attached hydrogen (secondary N) is 1. The van der Waals surface area contributed by atoms with Crippen molar-refractivity contribution in [2.75, 3.05) is 13.6 Å². The number of carbonyl (C=O) groups excluding carboxylic acids is 2. The zero-order valence-corrected chi connectivity index (χ0v) is 9.33. The van der Waals surface area contributed by atoms with Gasteiger partial charge in [0, 0.05) is 31.8 Å². The Morgan fingerprint density at radius 1 is 1.40 bits per heavy atom. The third-order valence-corrected chi connectivity index (χ3v) is 2.29. The summed E-state index contributed by atoms with van der Waals surface area (Å²) in [7, 11) is 1.59. The summed E-state index contributed by atoms with van der Waals surface area (Å²) in [5.74, 6) is -0.0992. The molecule has 0 fully saturated rings. The van der Waals surface area contributed by atoms with Crippen LogP contribution in [-0.4, -0.2) is 30.3 Å². The lowest BCUT2D eigenvalue weighted by atomic mass is 10.2. The van der Waals surface area contributed by atoms with Gasteiger partial charge >= 0.3 is 0 Å². The molecule has 0 aliphatic carbocycles. The molecule has 82 valence electrons. The molecule has 1 N–H and O–H groups in total. The largest absolute Gasteiger partial charge is 0.359 e. The van der Waals surface area contributed by atoms with Gasteiger partial charge in [-0.2, -0.15) is 0 Å². The Hall–Kier alpha value is -1.58. The molecule has 0 saturated carbocycles. The molecular formula is C11H16N2O2. The van der Waals surface area contributed by atoms with E-state index in [0.29, 0.717) is 13.0 Å². The Morgan fingerprint density at radius 3 is 2.60 bits per heavy atom. The van der Waals surface area contributed by atoms with Crippen LogP contribution in [0.4, 0.5) is 0 Å². The number of nitrogens with zero attached hydrogens (tertiary/aromatic N) is 1. The number of carbonyl (C=O) groups is 2. The number of allylic oxidation sites excluding steroid dienone is 2. The van der Waals surface area contributed by atoms with Gasteiger partial charge in [-0.25, -0.2) is 0 Å². The van der Waals surface area contributed by atoms with Crippen LogP contribution in [0.2, 0.25) is 0 Å². The summed E-state index contributed by atoms with van der Waals surface area (Å²) in [6.07, 6.45) is 3.66. The van der Waals surface area contributed by atoms with Gasteiger partial charge in [0.15, 0.2) is 0 Å². The van der Waals surface area contributed by atoms with Crippen LogP contribution in [0.25, 0.3) is 0 Å². The van der Waals surface area contributed by atoms with Crippen molar-refractivity contribution in [3.8, 4) is 0 Å². The van der Waals surface area contributed by atoms with Gasteiger partial charge in [-0.1, -0.05) is 5.57 Å². The van der Waals surface area contributed by atoms with E-state index in [1.165, 1.54) is 6.08 Å². The molecule has 1 rings (SSSR count). The molecule has 0 saturated heterocycles. The molecule has 0 aromatic rings. The Kier molecular flexibility index (Phi) is 3.66. The average molecular weight is 208 g/mol. The fraction of sp³-hybridized carbons (Fsp3) is 0.455. The highest BCUT2D eigenvalue weighted by Crippen LogP contribution is 2.18. The van der Waals surface area contributed by atoms with E-state index in [2.05, 4.69) is 5.32 Å². The Morgan fingerprint density at radius 2 is 2.07 bits per heavy atom. The molecule has 15 heavy (non-hydrogen) atoms. The van der Waals surface area contributed by atoms with Gasteiger partial charge in [-0.15, -0.1) is 0 Å². The monoisotopic (exact) mass is 208 g/mol. The maximum atomic E-state index is 11.5. The van der Waals surface area contributed by atoms with Crippen molar-refractivity contribution in [3.05, 3.63) is 23.4 Å². The zero-order chi connectivity index (χ0) is 11.4. The fourth-order valence-electron chi connectivity index (χ4n) is 1.45. The second-order valence-electron chi connectivity index (χ2n) is 3.63. The first-order chi connectivity index (χ1) is 7.06. The Bertz CT molecular complexity index is 338. The molecule has 1 aliphatic heterocycles. The van der Waals surface area contributed by atoms with Crippen LogP contribution in [0, 0.1) is 0 Å². The summed E-state index contributed by atoms with van der Waals surface area (Å²) in [4.78, 5) is 24.2. The minimum atomic E-state index is -0.0530. The molecule has 0 atom stereocenters. The highest BCUT2D eigenvalue weighted by molar-refractivity contribution is 5.93. The first-order valence-electron chi connectivity index (χ1n) is 4.94. The van der Waals surface area contributed by atoms with Gasteiger partial charge in [0.1, 0.15) is 0 Å². The van der Waals surface area contributed by atoms with Crippen LogP contribution in [-0.2, 0) is 9.59 Å². The van der Waals surface area contributed by atoms with E-state index in [4.69, 9.17) is 0 Å². The number of rotatable bonds is 3. The van der Waals surface area contributed by atoms with E-state index in [-0.39, 0.29) is 11.8 Å². The summed E-state index contributed by atoms with van der Waals surface area (Å²) < 4.78 is 0. The van der Waals surface area contributed by atoms with Gasteiger partial charge in [0.05, 0.1) is 0 Å². The van der Waals surface area contributed by atoms with Gasteiger partial charge < -0.3 is 10.2 Å². The maximum Gasteiger partial charge on any atom is 0.251 e. The van der Waals surface area contributed by atoms with Crippen molar-refractivity contribution in [3.63, 3.8) is 0 Å². The summed E-state index contributed by atoms with van der Waals surface area (Å²) in [6, 6.07) is 0. The van der Waals surface area contributed by atoms with Crippen molar-refractivity contribution in [2.45, 2.75) is 20.3 Å². The Labute approximate surface area is 89.6 Å². The molecule has 0 unspecified atom stereocenters. The fourth-order valence-corrected chi connectivity index (χ4v) is 1.45. The smallest absolute Gasteiger partial charge is 0.251 e. The van der Waals surface area contributed by atoms with Crippen LogP contribution < -0.4 is 5.32 Å². The molecule has 1 heterocycles. The van der Waals surface area contributed by atoms with Crippen LogP contribution >= 0.6 is 0 Å². The van der Waals surface area contributed by atoms with Crippen LogP contribution in [0.5, 0.6) is 0 Å². The van der Waals surface area contributed by atoms with Crippen molar-refractivity contribution < 1.29 is 9.59 Å². The van der Waals surface area contributed by atoms with E-state index in [0.717, 1.165) is 11.3 Å². The average Bonchev–Trinajstić information content (AvgIpc) is 2.56. The highest BCUT2D eigenvalue weighted by atomic mass is 16.2. The molecule has 0 aromatic carbocycles. The third-order valence-electron chi connectivity index (χ3n) is 2.29. The number of hydrogen-bond donors (Lipinski definition) is 1. The van der Waals surface area contributed by atoms with Crippen molar-refractivity contribution in [1.29, 1.82) is 0 Å². The predicted octanol–water partition coefficient (Wildman–Crippen LogP) is 0.815. The molecule has 1 aliphatic rings. The van der Waals surface area contributed by atoms with E-state index in [1.54, 1.807) is 18.0 Å². The number of hydrogen-bond acceptors (Lipinski definition) is 2. The normalized spacial score (nSPS) is 14.7. The third kappa shape index (κ3) is 2.68. The molecule has 0 radical (unpaired) electrons. The van der Waals surface area contributed by atoms with Gasteiger partial charge in [0.2, 0.25) is 5.91 Å². The molecule has 2 amide bonds. The minimum absolute atomic E-state index is 0.0462. The van der Waals surface area contributed by atoms with E-state index >= 15 is 0 Å².